The number of carbonyl (C=O) groups excluding carboxylic acids is 1. The first-order valence-corrected chi connectivity index (χ1v) is 8.97. The Labute approximate surface area is 132 Å². The number of nitrogens with zero attached hydrogens (tertiary/aromatic N) is 2. The highest BCUT2D eigenvalue weighted by atomic mass is 32.2. The summed E-state index contributed by atoms with van der Waals surface area (Å²) in [4.78, 5) is 17.3. The second kappa shape index (κ2) is 8.84. The van der Waals surface area contributed by atoms with Crippen LogP contribution >= 0.6 is 23.1 Å². The molecule has 0 saturated carbocycles. The lowest BCUT2D eigenvalue weighted by molar-refractivity contribution is -0.118. The lowest BCUT2D eigenvalue weighted by Crippen LogP contribution is -2.26. The van der Waals surface area contributed by atoms with Crippen molar-refractivity contribution in [2.45, 2.75) is 37.8 Å². The van der Waals surface area contributed by atoms with Crippen LogP contribution in [0.3, 0.4) is 0 Å². The summed E-state index contributed by atoms with van der Waals surface area (Å²) in [7, 11) is 0. The van der Waals surface area contributed by atoms with Gasteiger partial charge in [-0.15, -0.1) is 16.4 Å². The minimum absolute atomic E-state index is 0.0423. The van der Waals surface area contributed by atoms with Crippen molar-refractivity contribution in [1.82, 2.24) is 20.5 Å². The zero-order valence-electron chi connectivity index (χ0n) is 12.1. The van der Waals surface area contributed by atoms with E-state index in [1.54, 1.807) is 11.3 Å². The van der Waals surface area contributed by atoms with Crippen molar-refractivity contribution < 1.29 is 4.79 Å². The molecule has 2 heterocycles. The number of nitrogens with one attached hydrogen (secondary N) is 2. The van der Waals surface area contributed by atoms with Gasteiger partial charge in [-0.3, -0.25) is 9.89 Å². The van der Waals surface area contributed by atoms with Crippen molar-refractivity contribution in [3.8, 4) is 0 Å². The number of rotatable bonds is 9. The lowest BCUT2D eigenvalue weighted by atomic mass is 10.2. The Balaban J connectivity index is 1.69. The number of aromatic amines is 1. The summed E-state index contributed by atoms with van der Waals surface area (Å²) >= 11 is 3.06. The summed E-state index contributed by atoms with van der Waals surface area (Å²) in [6.07, 6.45) is 4.11. The van der Waals surface area contributed by atoms with Gasteiger partial charge < -0.3 is 5.32 Å². The summed E-state index contributed by atoms with van der Waals surface area (Å²) in [5, 5.41) is 12.6. The van der Waals surface area contributed by atoms with Crippen molar-refractivity contribution in [2.24, 2.45) is 0 Å². The van der Waals surface area contributed by atoms with E-state index in [0.717, 1.165) is 38.1 Å². The smallest absolute Gasteiger partial charge is 0.230 e. The zero-order valence-corrected chi connectivity index (χ0v) is 13.7. The standard InChI is InChI=1S/C14H20N4OS2/c1-2-3-4-7-15-13(19)10-21-14-16-12(17-18-14)9-11-6-5-8-20-11/h5-6,8H,2-4,7,9-10H2,1H3,(H,15,19)(H,16,17,18). The molecule has 0 saturated heterocycles. The van der Waals surface area contributed by atoms with Gasteiger partial charge in [0.1, 0.15) is 5.82 Å². The molecule has 21 heavy (non-hydrogen) atoms. The molecule has 0 aliphatic rings. The number of unbranched alkanes of at least 4 members (excludes halogenated alkanes) is 2. The number of hydrogen-bond donors (Lipinski definition) is 2. The van der Waals surface area contributed by atoms with E-state index in [1.165, 1.54) is 16.6 Å². The van der Waals surface area contributed by atoms with E-state index in [-0.39, 0.29) is 5.91 Å². The summed E-state index contributed by atoms with van der Waals surface area (Å²) in [6.45, 7) is 2.90. The van der Waals surface area contributed by atoms with Crippen LogP contribution in [0.2, 0.25) is 0 Å². The fourth-order valence-corrected chi connectivity index (χ4v) is 3.14. The topological polar surface area (TPSA) is 70.7 Å². The minimum Gasteiger partial charge on any atom is -0.355 e. The third-order valence-corrected chi connectivity index (χ3v) is 4.59. The summed E-state index contributed by atoms with van der Waals surface area (Å²) in [5.41, 5.74) is 0. The van der Waals surface area contributed by atoms with Crippen molar-refractivity contribution in [2.75, 3.05) is 12.3 Å². The van der Waals surface area contributed by atoms with Crippen molar-refractivity contribution in [3.63, 3.8) is 0 Å². The van der Waals surface area contributed by atoms with Crippen LogP contribution in [0, 0.1) is 0 Å². The van der Waals surface area contributed by atoms with Crippen LogP contribution < -0.4 is 5.32 Å². The molecular formula is C14H20N4OS2. The molecule has 0 spiro atoms. The first-order chi connectivity index (χ1) is 10.3. The van der Waals surface area contributed by atoms with Gasteiger partial charge in [-0.05, 0) is 17.9 Å². The van der Waals surface area contributed by atoms with E-state index in [2.05, 4.69) is 33.5 Å². The molecule has 2 rings (SSSR count). The molecule has 0 aromatic carbocycles. The summed E-state index contributed by atoms with van der Waals surface area (Å²) < 4.78 is 0. The van der Waals surface area contributed by atoms with Gasteiger partial charge in [-0.25, -0.2) is 4.98 Å². The first-order valence-electron chi connectivity index (χ1n) is 7.11. The van der Waals surface area contributed by atoms with Crippen molar-refractivity contribution >= 4 is 29.0 Å². The van der Waals surface area contributed by atoms with Gasteiger partial charge in [0, 0.05) is 17.8 Å². The van der Waals surface area contributed by atoms with Gasteiger partial charge in [0.15, 0.2) is 0 Å². The molecule has 2 N–H and O–H groups in total. The van der Waals surface area contributed by atoms with Crippen LogP contribution in [0.25, 0.3) is 0 Å². The van der Waals surface area contributed by atoms with Gasteiger partial charge in [0.2, 0.25) is 11.1 Å². The van der Waals surface area contributed by atoms with Gasteiger partial charge >= 0.3 is 0 Å². The number of H-pyrrole nitrogens is 1. The van der Waals surface area contributed by atoms with Gasteiger partial charge in [0.25, 0.3) is 0 Å². The van der Waals surface area contributed by atoms with Gasteiger partial charge in [0.05, 0.1) is 5.75 Å². The molecule has 2 aromatic heterocycles. The van der Waals surface area contributed by atoms with Crippen LogP contribution in [-0.4, -0.2) is 33.4 Å². The summed E-state index contributed by atoms with van der Waals surface area (Å²) in [5.74, 6) is 1.24. The highest BCUT2D eigenvalue weighted by Gasteiger charge is 2.08. The maximum atomic E-state index is 11.6. The third-order valence-electron chi connectivity index (χ3n) is 2.87. The summed E-state index contributed by atoms with van der Waals surface area (Å²) in [6, 6.07) is 4.10. The highest BCUT2D eigenvalue weighted by molar-refractivity contribution is 7.99. The van der Waals surface area contributed by atoms with Crippen molar-refractivity contribution in [1.29, 1.82) is 0 Å². The number of amides is 1. The predicted molar refractivity (Wildman–Crippen MR) is 86.8 cm³/mol. The third kappa shape index (κ3) is 5.89. The highest BCUT2D eigenvalue weighted by Crippen LogP contribution is 2.15. The van der Waals surface area contributed by atoms with E-state index in [9.17, 15) is 4.79 Å². The Kier molecular flexibility index (Phi) is 6.75. The average molecular weight is 324 g/mol. The molecule has 1 amide bonds. The minimum atomic E-state index is 0.0423. The molecule has 0 aliphatic carbocycles. The molecule has 0 aliphatic heterocycles. The number of hydrogen-bond acceptors (Lipinski definition) is 5. The van der Waals surface area contributed by atoms with Crippen LogP contribution in [-0.2, 0) is 11.2 Å². The number of thioether (sulfide) groups is 1. The molecule has 114 valence electrons. The second-order valence-corrected chi connectivity index (χ2v) is 6.64. The Morgan fingerprint density at radius 1 is 1.48 bits per heavy atom. The quantitative estimate of drug-likeness (QED) is 0.549. The normalized spacial score (nSPS) is 10.7. The van der Waals surface area contributed by atoms with E-state index in [4.69, 9.17) is 0 Å². The molecule has 0 atom stereocenters. The first kappa shape index (κ1) is 16.0. The van der Waals surface area contributed by atoms with Crippen LogP contribution in [0.5, 0.6) is 0 Å². The van der Waals surface area contributed by atoms with E-state index in [1.807, 2.05) is 11.4 Å². The molecule has 0 bridgehead atoms. The Morgan fingerprint density at radius 3 is 3.14 bits per heavy atom. The monoisotopic (exact) mass is 324 g/mol. The molecule has 0 unspecified atom stereocenters. The number of aromatic nitrogens is 3. The van der Waals surface area contributed by atoms with Gasteiger partial charge in [-0.1, -0.05) is 37.6 Å². The fourth-order valence-electron chi connectivity index (χ4n) is 1.78. The molecular weight excluding hydrogens is 304 g/mol. The van der Waals surface area contributed by atoms with Crippen LogP contribution in [0.4, 0.5) is 0 Å². The van der Waals surface area contributed by atoms with Crippen LogP contribution in [0.15, 0.2) is 22.7 Å². The van der Waals surface area contributed by atoms with Crippen LogP contribution in [0.1, 0.15) is 36.9 Å². The number of thiophene rings is 1. The Hall–Kier alpha value is -1.34. The molecule has 0 radical (unpaired) electrons. The second-order valence-electron chi connectivity index (χ2n) is 4.67. The van der Waals surface area contributed by atoms with Crippen molar-refractivity contribution in [3.05, 3.63) is 28.2 Å². The maximum Gasteiger partial charge on any atom is 0.230 e. The van der Waals surface area contributed by atoms with E-state index in [0.29, 0.717) is 10.9 Å². The SMILES string of the molecule is CCCCCNC(=O)CSc1n[nH]c(Cc2cccs2)n1. The van der Waals surface area contributed by atoms with E-state index >= 15 is 0 Å². The Bertz CT molecular complexity index is 539. The average Bonchev–Trinajstić information content (AvgIpc) is 3.14. The molecule has 2 aromatic rings. The zero-order chi connectivity index (χ0) is 14.9. The lowest BCUT2D eigenvalue weighted by Gasteiger charge is -2.02. The molecule has 0 fully saturated rings. The predicted octanol–water partition coefficient (Wildman–Crippen LogP) is 2.86. The largest absolute Gasteiger partial charge is 0.355 e. The Morgan fingerprint density at radius 2 is 2.38 bits per heavy atom. The molecule has 5 nitrogen and oxygen atoms in total. The number of carbonyl (C=O) groups is 1. The fraction of sp³-hybridized carbons (Fsp3) is 0.500. The van der Waals surface area contributed by atoms with Gasteiger partial charge in [-0.2, -0.15) is 0 Å². The molecule has 7 heteroatoms. The van der Waals surface area contributed by atoms with E-state index < -0.39 is 0 Å². The maximum absolute atomic E-state index is 11.6.